The van der Waals surface area contributed by atoms with E-state index in [2.05, 4.69) is 31.2 Å². The van der Waals surface area contributed by atoms with Gasteiger partial charge < -0.3 is 14.8 Å². The van der Waals surface area contributed by atoms with Crippen molar-refractivity contribution >= 4 is 33.2 Å². The van der Waals surface area contributed by atoms with Gasteiger partial charge in [-0.25, -0.2) is 0 Å². The molecule has 0 bridgehead atoms. The van der Waals surface area contributed by atoms with Gasteiger partial charge in [-0.2, -0.15) is 9.97 Å². The summed E-state index contributed by atoms with van der Waals surface area (Å²) >= 11 is 5.09. The molecular formula is C11H12BrN3O2S. The molecule has 0 aromatic carbocycles. The van der Waals surface area contributed by atoms with Crippen LogP contribution in [0.5, 0.6) is 11.8 Å². The third kappa shape index (κ3) is 3.33. The molecular weight excluding hydrogens is 318 g/mol. The van der Waals surface area contributed by atoms with Gasteiger partial charge >= 0.3 is 0 Å². The zero-order valence-electron chi connectivity index (χ0n) is 9.94. The minimum absolute atomic E-state index is 0.469. The van der Waals surface area contributed by atoms with Gasteiger partial charge in [0.25, 0.3) is 0 Å². The van der Waals surface area contributed by atoms with E-state index in [1.165, 1.54) is 4.88 Å². The van der Waals surface area contributed by atoms with Gasteiger partial charge in [-0.3, -0.25) is 0 Å². The zero-order valence-corrected chi connectivity index (χ0v) is 12.3. The number of ether oxygens (including phenoxy) is 2. The molecule has 0 amide bonds. The first-order chi connectivity index (χ1) is 8.71. The molecule has 18 heavy (non-hydrogen) atoms. The molecule has 0 saturated carbocycles. The van der Waals surface area contributed by atoms with E-state index < -0.39 is 0 Å². The normalized spacial score (nSPS) is 10.2. The number of anilines is 1. The second kappa shape index (κ2) is 6.01. The summed E-state index contributed by atoms with van der Waals surface area (Å²) in [6.07, 6.45) is 0. The Labute approximate surface area is 117 Å². The molecule has 0 saturated heterocycles. The van der Waals surface area contributed by atoms with Crippen molar-refractivity contribution in [2.24, 2.45) is 0 Å². The van der Waals surface area contributed by atoms with E-state index in [1.807, 2.05) is 12.1 Å². The molecule has 0 unspecified atom stereocenters. The molecule has 2 aromatic heterocycles. The molecule has 2 aromatic rings. The van der Waals surface area contributed by atoms with Gasteiger partial charge in [-0.1, -0.05) is 0 Å². The Morgan fingerprint density at radius 2 is 1.89 bits per heavy atom. The quantitative estimate of drug-likeness (QED) is 0.913. The van der Waals surface area contributed by atoms with Crippen molar-refractivity contribution in [2.45, 2.75) is 6.54 Å². The average Bonchev–Trinajstić information content (AvgIpc) is 2.81. The Kier molecular flexibility index (Phi) is 4.38. The number of nitrogens with one attached hydrogen (secondary N) is 1. The van der Waals surface area contributed by atoms with Crippen LogP contribution in [0.4, 0.5) is 5.95 Å². The molecule has 0 aliphatic heterocycles. The minimum atomic E-state index is 0.469. The van der Waals surface area contributed by atoms with E-state index in [4.69, 9.17) is 9.47 Å². The van der Waals surface area contributed by atoms with Crippen LogP contribution < -0.4 is 14.8 Å². The molecule has 0 atom stereocenters. The van der Waals surface area contributed by atoms with Crippen molar-refractivity contribution < 1.29 is 9.47 Å². The lowest BCUT2D eigenvalue weighted by Gasteiger charge is -2.07. The van der Waals surface area contributed by atoms with Crippen LogP contribution in [0.15, 0.2) is 22.0 Å². The van der Waals surface area contributed by atoms with Crippen LogP contribution in [-0.4, -0.2) is 24.2 Å². The predicted molar refractivity (Wildman–Crippen MR) is 74.5 cm³/mol. The van der Waals surface area contributed by atoms with E-state index in [-0.39, 0.29) is 0 Å². The molecule has 2 rings (SSSR count). The molecule has 96 valence electrons. The van der Waals surface area contributed by atoms with Crippen molar-refractivity contribution in [3.05, 3.63) is 26.9 Å². The Bertz CT molecular complexity index is 511. The van der Waals surface area contributed by atoms with Gasteiger partial charge in [0, 0.05) is 4.88 Å². The molecule has 1 N–H and O–H groups in total. The fourth-order valence-corrected chi connectivity index (χ4v) is 2.73. The Balaban J connectivity index is 2.08. The summed E-state index contributed by atoms with van der Waals surface area (Å²) in [6.45, 7) is 0.659. The number of halogens is 1. The first-order valence-electron chi connectivity index (χ1n) is 5.16. The number of hydrogen-bond donors (Lipinski definition) is 1. The van der Waals surface area contributed by atoms with Crippen LogP contribution in [0.25, 0.3) is 0 Å². The predicted octanol–water partition coefficient (Wildman–Crippen LogP) is 2.93. The highest BCUT2D eigenvalue weighted by atomic mass is 79.9. The number of thiophene rings is 1. The van der Waals surface area contributed by atoms with Crippen molar-refractivity contribution in [3.63, 3.8) is 0 Å². The summed E-state index contributed by atoms with van der Waals surface area (Å²) < 4.78 is 11.3. The first-order valence-corrected chi connectivity index (χ1v) is 6.77. The van der Waals surface area contributed by atoms with Crippen molar-refractivity contribution in [3.8, 4) is 11.8 Å². The summed E-state index contributed by atoms with van der Waals surface area (Å²) in [5, 5.41) is 3.13. The molecule has 0 aliphatic carbocycles. The average molecular weight is 330 g/mol. The lowest BCUT2D eigenvalue weighted by Crippen LogP contribution is -2.04. The number of hydrogen-bond acceptors (Lipinski definition) is 6. The summed E-state index contributed by atoms with van der Waals surface area (Å²) in [5.41, 5.74) is 0. The Hall–Kier alpha value is -1.34. The van der Waals surface area contributed by atoms with Gasteiger partial charge in [0.15, 0.2) is 0 Å². The van der Waals surface area contributed by atoms with Crippen LogP contribution in [0.2, 0.25) is 0 Å². The highest BCUT2D eigenvalue weighted by molar-refractivity contribution is 9.11. The van der Waals surface area contributed by atoms with Gasteiger partial charge in [0.2, 0.25) is 17.7 Å². The maximum atomic E-state index is 5.08. The third-order valence-electron chi connectivity index (χ3n) is 2.15. The largest absolute Gasteiger partial charge is 0.481 e. The van der Waals surface area contributed by atoms with Crippen LogP contribution in [-0.2, 0) is 6.54 Å². The van der Waals surface area contributed by atoms with Crippen LogP contribution >= 0.6 is 27.3 Å². The van der Waals surface area contributed by atoms with Crippen LogP contribution in [0, 0.1) is 0 Å². The van der Waals surface area contributed by atoms with Gasteiger partial charge in [-0.05, 0) is 28.1 Å². The first kappa shape index (κ1) is 13.1. The maximum Gasteiger partial charge on any atom is 0.229 e. The third-order valence-corrected chi connectivity index (χ3v) is 3.77. The molecule has 7 heteroatoms. The van der Waals surface area contributed by atoms with Crippen LogP contribution in [0.3, 0.4) is 0 Å². The van der Waals surface area contributed by atoms with Gasteiger partial charge in [0.05, 0.1) is 30.6 Å². The van der Waals surface area contributed by atoms with Crippen molar-refractivity contribution in [1.29, 1.82) is 0 Å². The topological polar surface area (TPSA) is 56.3 Å². The number of aromatic nitrogens is 2. The SMILES string of the molecule is COc1cc(OC)nc(NCc2ccc(Br)s2)n1. The highest BCUT2D eigenvalue weighted by Gasteiger charge is 2.05. The number of methoxy groups -OCH3 is 2. The van der Waals surface area contributed by atoms with E-state index in [9.17, 15) is 0 Å². The zero-order chi connectivity index (χ0) is 13.0. The van der Waals surface area contributed by atoms with E-state index in [0.29, 0.717) is 24.3 Å². The molecule has 0 fully saturated rings. The van der Waals surface area contributed by atoms with E-state index in [1.54, 1.807) is 31.6 Å². The summed E-state index contributed by atoms with van der Waals surface area (Å²) in [6, 6.07) is 5.68. The Morgan fingerprint density at radius 3 is 2.39 bits per heavy atom. The van der Waals surface area contributed by atoms with Gasteiger partial charge in [0.1, 0.15) is 0 Å². The second-order valence-corrected chi connectivity index (χ2v) is 5.88. The maximum absolute atomic E-state index is 5.08. The molecule has 0 spiro atoms. The second-order valence-electron chi connectivity index (χ2n) is 3.34. The smallest absolute Gasteiger partial charge is 0.229 e. The lowest BCUT2D eigenvalue weighted by atomic mass is 10.5. The van der Waals surface area contributed by atoms with Crippen LogP contribution in [0.1, 0.15) is 4.88 Å². The monoisotopic (exact) mass is 329 g/mol. The van der Waals surface area contributed by atoms with Crippen molar-refractivity contribution in [2.75, 3.05) is 19.5 Å². The van der Waals surface area contributed by atoms with Crippen molar-refractivity contribution in [1.82, 2.24) is 9.97 Å². The number of nitrogens with zero attached hydrogens (tertiary/aromatic N) is 2. The van der Waals surface area contributed by atoms with E-state index >= 15 is 0 Å². The number of rotatable bonds is 5. The lowest BCUT2D eigenvalue weighted by molar-refractivity contribution is 0.373. The fourth-order valence-electron chi connectivity index (χ4n) is 1.31. The molecule has 0 radical (unpaired) electrons. The summed E-state index contributed by atoms with van der Waals surface area (Å²) in [7, 11) is 3.11. The van der Waals surface area contributed by atoms with Gasteiger partial charge in [-0.15, -0.1) is 11.3 Å². The summed E-state index contributed by atoms with van der Waals surface area (Å²) in [5.74, 6) is 1.42. The van der Waals surface area contributed by atoms with E-state index in [0.717, 1.165) is 3.79 Å². The minimum Gasteiger partial charge on any atom is -0.481 e. The molecule has 5 nitrogen and oxygen atoms in total. The standard InChI is InChI=1S/C11H12BrN3O2S/c1-16-9-5-10(17-2)15-11(14-9)13-6-7-3-4-8(12)18-7/h3-5H,6H2,1-2H3,(H,13,14,15). The Morgan fingerprint density at radius 1 is 1.22 bits per heavy atom. The molecule has 0 aliphatic rings. The fraction of sp³-hybridized carbons (Fsp3) is 0.273. The highest BCUT2D eigenvalue weighted by Crippen LogP contribution is 2.23. The molecule has 2 heterocycles. The summed E-state index contributed by atoms with van der Waals surface area (Å²) in [4.78, 5) is 9.57.